The highest BCUT2D eigenvalue weighted by Crippen LogP contribution is 2.29. The number of fused-ring (bicyclic) bond motifs is 1. The molecule has 0 radical (unpaired) electrons. The second-order valence-electron chi connectivity index (χ2n) is 6.10. The summed E-state index contributed by atoms with van der Waals surface area (Å²) < 4.78 is 5.13. The fourth-order valence-electron chi connectivity index (χ4n) is 2.75. The molecule has 4 nitrogen and oxygen atoms in total. The van der Waals surface area contributed by atoms with E-state index in [0.29, 0.717) is 11.4 Å². The Balaban J connectivity index is 1.46. The van der Waals surface area contributed by atoms with Crippen molar-refractivity contribution in [3.63, 3.8) is 0 Å². The van der Waals surface area contributed by atoms with Gasteiger partial charge >= 0.3 is 5.97 Å². The predicted molar refractivity (Wildman–Crippen MR) is 94.3 cm³/mol. The van der Waals surface area contributed by atoms with Gasteiger partial charge in [0.2, 0.25) is 0 Å². The van der Waals surface area contributed by atoms with Crippen LogP contribution in [0.1, 0.15) is 44.1 Å². The van der Waals surface area contributed by atoms with Crippen LogP contribution < -0.4 is 5.32 Å². The molecule has 0 saturated carbocycles. The van der Waals surface area contributed by atoms with E-state index in [1.54, 1.807) is 0 Å². The molecule has 0 aliphatic heterocycles. The Bertz CT molecular complexity index is 710. The molecule has 0 unspecified atom stereocenters. The number of rotatable bonds is 5. The highest BCUT2D eigenvalue weighted by atomic mass is 32.1. The molecule has 1 aliphatic rings. The summed E-state index contributed by atoms with van der Waals surface area (Å²) in [6.45, 7) is 2.21. The van der Waals surface area contributed by atoms with E-state index < -0.39 is 5.97 Å². The molecular weight excluding hydrogens is 322 g/mol. The van der Waals surface area contributed by atoms with Crippen LogP contribution in [0.2, 0.25) is 0 Å². The largest absolute Gasteiger partial charge is 0.451 e. The van der Waals surface area contributed by atoms with Gasteiger partial charge in [0.1, 0.15) is 4.88 Å². The first-order chi connectivity index (χ1) is 11.6. The third-order valence-electron chi connectivity index (χ3n) is 4.14. The topological polar surface area (TPSA) is 55.4 Å². The van der Waals surface area contributed by atoms with Crippen molar-refractivity contribution < 1.29 is 14.3 Å². The van der Waals surface area contributed by atoms with Crippen LogP contribution in [-0.2, 0) is 28.9 Å². The van der Waals surface area contributed by atoms with Gasteiger partial charge in [-0.05, 0) is 49.8 Å². The zero-order valence-electron chi connectivity index (χ0n) is 13.8. The van der Waals surface area contributed by atoms with Crippen molar-refractivity contribution in [1.82, 2.24) is 5.32 Å². The maximum absolute atomic E-state index is 12.1. The van der Waals surface area contributed by atoms with E-state index in [2.05, 4.69) is 5.32 Å². The van der Waals surface area contributed by atoms with E-state index in [-0.39, 0.29) is 12.5 Å². The van der Waals surface area contributed by atoms with Crippen molar-refractivity contribution in [2.24, 2.45) is 0 Å². The Morgan fingerprint density at radius 2 is 1.92 bits per heavy atom. The smallest absolute Gasteiger partial charge is 0.348 e. The van der Waals surface area contributed by atoms with Crippen molar-refractivity contribution in [1.29, 1.82) is 0 Å². The van der Waals surface area contributed by atoms with E-state index in [0.717, 1.165) is 18.4 Å². The van der Waals surface area contributed by atoms with Gasteiger partial charge in [-0.25, -0.2) is 4.79 Å². The fraction of sp³-hybridized carbons (Fsp3) is 0.368. The number of carbonyl (C=O) groups excluding carboxylic acids is 2. The van der Waals surface area contributed by atoms with Crippen molar-refractivity contribution in [2.45, 2.75) is 39.2 Å². The second kappa shape index (κ2) is 7.62. The minimum atomic E-state index is -0.403. The summed E-state index contributed by atoms with van der Waals surface area (Å²) in [5.74, 6) is -0.690. The van der Waals surface area contributed by atoms with E-state index in [9.17, 15) is 9.59 Å². The van der Waals surface area contributed by atoms with Crippen molar-refractivity contribution in [3.05, 3.63) is 56.8 Å². The number of thiophene rings is 1. The Hall–Kier alpha value is -2.14. The number of aryl methyl sites for hydroxylation is 3. The first kappa shape index (κ1) is 16.7. The SMILES string of the molecule is Cc1ccc(CNC(=O)COC(=O)c2cc3c(s2)CCCC3)cc1. The number of carbonyl (C=O) groups is 2. The molecule has 1 N–H and O–H groups in total. The zero-order valence-corrected chi connectivity index (χ0v) is 14.6. The van der Waals surface area contributed by atoms with Gasteiger partial charge in [-0.1, -0.05) is 29.8 Å². The molecule has 1 aliphatic carbocycles. The van der Waals surface area contributed by atoms with E-state index >= 15 is 0 Å². The van der Waals surface area contributed by atoms with Crippen LogP contribution in [0.3, 0.4) is 0 Å². The van der Waals surface area contributed by atoms with E-state index in [4.69, 9.17) is 4.74 Å². The molecule has 1 heterocycles. The molecule has 1 amide bonds. The monoisotopic (exact) mass is 343 g/mol. The summed E-state index contributed by atoms with van der Waals surface area (Å²) in [4.78, 5) is 25.8. The van der Waals surface area contributed by atoms with Crippen molar-refractivity contribution in [2.75, 3.05) is 6.61 Å². The Morgan fingerprint density at radius 1 is 1.17 bits per heavy atom. The van der Waals surface area contributed by atoms with Crippen LogP contribution in [0, 0.1) is 6.92 Å². The molecule has 24 heavy (non-hydrogen) atoms. The average molecular weight is 343 g/mol. The van der Waals surface area contributed by atoms with E-state index in [1.165, 1.54) is 40.2 Å². The van der Waals surface area contributed by atoms with Gasteiger partial charge in [-0.3, -0.25) is 4.79 Å². The minimum absolute atomic E-state index is 0.243. The molecule has 1 aromatic heterocycles. The average Bonchev–Trinajstić information content (AvgIpc) is 3.03. The highest BCUT2D eigenvalue weighted by molar-refractivity contribution is 7.14. The standard InChI is InChI=1S/C19H21NO3S/c1-13-6-8-14(9-7-13)11-20-18(21)12-23-19(22)17-10-15-4-2-3-5-16(15)24-17/h6-10H,2-5,11-12H2,1H3,(H,20,21). The Labute approximate surface area is 145 Å². The Morgan fingerprint density at radius 3 is 2.67 bits per heavy atom. The maximum Gasteiger partial charge on any atom is 0.348 e. The second-order valence-corrected chi connectivity index (χ2v) is 7.24. The van der Waals surface area contributed by atoms with Gasteiger partial charge in [0.15, 0.2) is 6.61 Å². The van der Waals surface area contributed by atoms with Gasteiger partial charge in [0.05, 0.1) is 0 Å². The quantitative estimate of drug-likeness (QED) is 0.847. The summed E-state index contributed by atoms with van der Waals surface area (Å²) in [7, 11) is 0. The van der Waals surface area contributed by atoms with Crippen molar-refractivity contribution in [3.8, 4) is 0 Å². The molecule has 0 atom stereocenters. The van der Waals surface area contributed by atoms with Gasteiger partial charge in [0, 0.05) is 11.4 Å². The third kappa shape index (κ3) is 4.23. The van der Waals surface area contributed by atoms with Crippen LogP contribution in [0.15, 0.2) is 30.3 Å². The third-order valence-corrected chi connectivity index (χ3v) is 5.36. The summed E-state index contributed by atoms with van der Waals surface area (Å²) in [5, 5.41) is 2.76. The Kier molecular flexibility index (Phi) is 5.30. The van der Waals surface area contributed by atoms with Crippen LogP contribution in [0.5, 0.6) is 0 Å². The van der Waals surface area contributed by atoms with Crippen molar-refractivity contribution >= 4 is 23.2 Å². The lowest BCUT2D eigenvalue weighted by Gasteiger charge is -2.08. The molecule has 2 aromatic rings. The van der Waals surface area contributed by atoms with Gasteiger partial charge in [-0.2, -0.15) is 0 Å². The number of esters is 1. The molecule has 0 spiro atoms. The summed E-state index contributed by atoms with van der Waals surface area (Å²) in [5.41, 5.74) is 3.46. The van der Waals surface area contributed by atoms with Gasteiger partial charge in [-0.15, -0.1) is 11.3 Å². The summed E-state index contributed by atoms with van der Waals surface area (Å²) >= 11 is 1.50. The first-order valence-corrected chi connectivity index (χ1v) is 9.04. The molecule has 0 fully saturated rings. The molecule has 126 valence electrons. The molecular formula is C19H21NO3S. The maximum atomic E-state index is 12.1. The molecule has 1 aromatic carbocycles. The van der Waals surface area contributed by atoms with Gasteiger partial charge in [0.25, 0.3) is 5.91 Å². The molecule has 3 rings (SSSR count). The lowest BCUT2D eigenvalue weighted by Crippen LogP contribution is -2.28. The molecule has 0 saturated heterocycles. The fourth-order valence-corrected chi connectivity index (χ4v) is 3.90. The first-order valence-electron chi connectivity index (χ1n) is 8.23. The van der Waals surface area contributed by atoms with E-state index in [1.807, 2.05) is 37.3 Å². The summed E-state index contributed by atoms with van der Waals surface area (Å²) in [6.07, 6.45) is 4.45. The number of hydrogen-bond donors (Lipinski definition) is 1. The van der Waals surface area contributed by atoms with Crippen LogP contribution >= 0.6 is 11.3 Å². The number of hydrogen-bond acceptors (Lipinski definition) is 4. The number of amides is 1. The van der Waals surface area contributed by atoms with Gasteiger partial charge < -0.3 is 10.1 Å². The summed E-state index contributed by atoms with van der Waals surface area (Å²) in [6, 6.07) is 9.86. The normalized spacial score (nSPS) is 13.2. The number of ether oxygens (including phenoxy) is 1. The lowest BCUT2D eigenvalue weighted by atomic mass is 9.99. The number of benzene rings is 1. The van der Waals surface area contributed by atoms with Crippen LogP contribution in [0.4, 0.5) is 0 Å². The van der Waals surface area contributed by atoms with Crippen LogP contribution in [0.25, 0.3) is 0 Å². The number of nitrogens with one attached hydrogen (secondary N) is 1. The molecule has 5 heteroatoms. The predicted octanol–water partition coefficient (Wildman–Crippen LogP) is 3.41. The molecule has 0 bridgehead atoms. The lowest BCUT2D eigenvalue weighted by molar-refractivity contribution is -0.124. The minimum Gasteiger partial charge on any atom is -0.451 e. The highest BCUT2D eigenvalue weighted by Gasteiger charge is 2.18. The van der Waals surface area contributed by atoms with Crippen LogP contribution in [-0.4, -0.2) is 18.5 Å². The zero-order chi connectivity index (χ0) is 16.9.